The lowest BCUT2D eigenvalue weighted by molar-refractivity contribution is 0.166. The van der Waals surface area contributed by atoms with E-state index in [0.29, 0.717) is 0 Å². The van der Waals surface area contributed by atoms with Crippen LogP contribution >= 0.6 is 23.5 Å². The second-order valence-corrected chi connectivity index (χ2v) is 20.6. The summed E-state index contributed by atoms with van der Waals surface area (Å²) in [6.45, 7) is 15.3. The number of thioether (sulfide) groups is 2. The van der Waals surface area contributed by atoms with Crippen LogP contribution in [-0.2, 0) is 0 Å². The minimum atomic E-state index is -1.47. The summed E-state index contributed by atoms with van der Waals surface area (Å²) in [7, 11) is -1.47. The van der Waals surface area contributed by atoms with Gasteiger partial charge in [-0.1, -0.05) is 68.4 Å². The first kappa shape index (κ1) is 23.0. The Morgan fingerprint density at radius 2 is 1.39 bits per heavy atom. The lowest BCUT2D eigenvalue weighted by atomic mass is 9.66. The van der Waals surface area contributed by atoms with Crippen molar-refractivity contribution >= 4 is 31.6 Å². The average Bonchev–Trinajstić information content (AvgIpc) is 3.50. The second-order valence-electron chi connectivity index (χ2n) is 12.7. The molecule has 33 heavy (non-hydrogen) atoms. The quantitative estimate of drug-likeness (QED) is 0.384. The number of benzene rings is 1. The third kappa shape index (κ3) is 3.61. The van der Waals surface area contributed by atoms with E-state index in [0.717, 1.165) is 57.1 Å². The van der Waals surface area contributed by atoms with Gasteiger partial charge < -0.3 is 0 Å². The Hall–Kier alpha value is -0.383. The van der Waals surface area contributed by atoms with E-state index in [1.165, 1.54) is 31.2 Å². The summed E-state index contributed by atoms with van der Waals surface area (Å²) in [5.41, 5.74) is 5.01. The molecule has 0 N–H and O–H groups in total. The Balaban J connectivity index is 1.31. The van der Waals surface area contributed by atoms with Gasteiger partial charge in [0.15, 0.2) is 0 Å². The van der Waals surface area contributed by atoms with Gasteiger partial charge in [0.05, 0.1) is 8.07 Å². The molecule has 3 heteroatoms. The van der Waals surface area contributed by atoms with Gasteiger partial charge in [-0.15, -0.1) is 23.5 Å². The van der Waals surface area contributed by atoms with Crippen LogP contribution in [0.1, 0.15) is 63.5 Å². The van der Waals surface area contributed by atoms with Crippen LogP contribution in [0.5, 0.6) is 0 Å². The number of hydrogen-bond acceptors (Lipinski definition) is 2. The molecule has 2 aliphatic heterocycles. The minimum absolute atomic E-state index is 0.806. The number of hydrogen-bond donors (Lipinski definition) is 0. The molecular formula is C30H42S2Si. The van der Waals surface area contributed by atoms with Gasteiger partial charge >= 0.3 is 0 Å². The molecule has 0 aromatic heterocycles. The molecule has 0 nitrogen and oxygen atoms in total. The largest absolute Gasteiger partial charge is 0.127 e. The van der Waals surface area contributed by atoms with Crippen LogP contribution < -0.4 is 0 Å². The van der Waals surface area contributed by atoms with Crippen molar-refractivity contribution in [1.29, 1.82) is 0 Å². The third-order valence-corrected chi connectivity index (χ3v) is 18.9. The normalized spacial score (nSPS) is 44.3. The zero-order valence-corrected chi connectivity index (χ0v) is 24.0. The van der Waals surface area contributed by atoms with E-state index in [9.17, 15) is 0 Å². The van der Waals surface area contributed by atoms with Gasteiger partial charge in [0.1, 0.15) is 0 Å². The van der Waals surface area contributed by atoms with E-state index in [2.05, 4.69) is 101 Å². The lowest BCUT2D eigenvalue weighted by Gasteiger charge is -2.48. The molecular weight excluding hydrogens is 453 g/mol. The summed E-state index contributed by atoms with van der Waals surface area (Å²) in [6.07, 6.45) is 11.2. The molecule has 2 heterocycles. The summed E-state index contributed by atoms with van der Waals surface area (Å²) in [5.74, 6) is 5.22. The highest BCUT2D eigenvalue weighted by molar-refractivity contribution is 8.05. The number of fused-ring (bicyclic) bond motifs is 4. The third-order valence-electron chi connectivity index (χ3n) is 10.6. The zero-order chi connectivity index (χ0) is 23.1. The maximum Gasteiger partial charge on any atom is 0.0563 e. The van der Waals surface area contributed by atoms with Crippen LogP contribution in [0.3, 0.4) is 0 Å². The zero-order valence-electron chi connectivity index (χ0n) is 21.4. The summed E-state index contributed by atoms with van der Waals surface area (Å²) in [4.78, 5) is 3.21. The summed E-state index contributed by atoms with van der Waals surface area (Å²) in [6, 6.07) is 9.63. The average molecular weight is 495 g/mol. The molecule has 0 spiro atoms. The molecule has 0 bridgehead atoms. The molecule has 5 aliphatic rings. The predicted octanol–water partition coefficient (Wildman–Crippen LogP) is 9.27. The number of allylic oxidation sites excluding steroid dienone is 4. The van der Waals surface area contributed by atoms with Crippen LogP contribution in [-0.4, -0.2) is 18.6 Å². The van der Waals surface area contributed by atoms with Crippen molar-refractivity contribution in [3.8, 4) is 0 Å². The standard InChI is InChI=1S/C30H42S2Si/c1-17-7-10-21(11-8-17)22-12-9-18(2)27-23(22)13-14-26(27)33(5,6)30-28-24(15-19(3)31-28)25-16-20(4)32-29(25)30/h7-8,10-11,15-16,18,22-30H,9,12-14H2,1-6H3. The van der Waals surface area contributed by atoms with Crippen molar-refractivity contribution in [2.24, 2.45) is 29.6 Å². The van der Waals surface area contributed by atoms with Crippen molar-refractivity contribution < 1.29 is 0 Å². The Bertz CT molecular complexity index is 944. The number of rotatable bonds is 3. The van der Waals surface area contributed by atoms with Crippen molar-refractivity contribution in [3.63, 3.8) is 0 Å². The lowest BCUT2D eigenvalue weighted by Crippen LogP contribution is -2.48. The first-order valence-corrected chi connectivity index (χ1v) is 18.4. The first-order valence-electron chi connectivity index (χ1n) is 13.5. The topological polar surface area (TPSA) is 0 Å². The minimum Gasteiger partial charge on any atom is -0.127 e. The molecule has 178 valence electrons. The monoisotopic (exact) mass is 494 g/mol. The summed E-state index contributed by atoms with van der Waals surface area (Å²) < 4.78 is 0. The molecule has 0 radical (unpaired) electrons. The SMILES string of the molecule is CC1=CC2C3C=C(C)SC3C([Si](C)(C)C3CCC4C(c5ccc(C)cc5)CCC(C)C43)C2S1. The molecule has 1 aromatic rings. The highest BCUT2D eigenvalue weighted by Gasteiger charge is 2.62. The molecule has 9 atom stereocenters. The van der Waals surface area contributed by atoms with Gasteiger partial charge in [-0.3, -0.25) is 0 Å². The fourth-order valence-electron chi connectivity index (χ4n) is 9.25. The van der Waals surface area contributed by atoms with Gasteiger partial charge in [0.25, 0.3) is 0 Å². The van der Waals surface area contributed by atoms with Crippen LogP contribution in [0.25, 0.3) is 0 Å². The van der Waals surface area contributed by atoms with E-state index in [1.54, 1.807) is 15.4 Å². The molecule has 6 rings (SSSR count). The number of aryl methyl sites for hydroxylation is 1. The second kappa shape index (κ2) is 8.34. The van der Waals surface area contributed by atoms with Crippen LogP contribution in [0.15, 0.2) is 46.2 Å². The maximum absolute atomic E-state index is 2.84. The van der Waals surface area contributed by atoms with E-state index in [4.69, 9.17) is 0 Å². The molecule has 3 aliphatic carbocycles. The summed E-state index contributed by atoms with van der Waals surface area (Å²) >= 11 is 4.54. The van der Waals surface area contributed by atoms with Crippen molar-refractivity contribution in [2.45, 2.75) is 94.0 Å². The van der Waals surface area contributed by atoms with Crippen LogP contribution in [0.4, 0.5) is 0 Å². The summed E-state index contributed by atoms with van der Waals surface area (Å²) in [5, 5.41) is 1.73. The van der Waals surface area contributed by atoms with E-state index in [1.807, 2.05) is 0 Å². The Morgan fingerprint density at radius 1 is 0.788 bits per heavy atom. The predicted molar refractivity (Wildman–Crippen MR) is 151 cm³/mol. The van der Waals surface area contributed by atoms with E-state index >= 15 is 0 Å². The Labute approximate surface area is 211 Å². The van der Waals surface area contributed by atoms with Gasteiger partial charge in [0.2, 0.25) is 0 Å². The van der Waals surface area contributed by atoms with Crippen LogP contribution in [0.2, 0.25) is 24.2 Å². The molecule has 0 amide bonds. The van der Waals surface area contributed by atoms with Gasteiger partial charge in [-0.2, -0.15) is 0 Å². The Morgan fingerprint density at radius 3 is 2.00 bits per heavy atom. The van der Waals surface area contributed by atoms with Gasteiger partial charge in [-0.05, 0) is 102 Å². The maximum atomic E-state index is 2.84. The Kier molecular flexibility index (Phi) is 5.82. The molecule has 3 fully saturated rings. The fourth-order valence-corrected chi connectivity index (χ4v) is 19.8. The van der Waals surface area contributed by atoms with Crippen molar-refractivity contribution in [1.82, 2.24) is 0 Å². The van der Waals surface area contributed by atoms with E-state index in [-0.39, 0.29) is 0 Å². The van der Waals surface area contributed by atoms with E-state index < -0.39 is 8.07 Å². The smallest absolute Gasteiger partial charge is 0.0563 e. The molecule has 3 saturated carbocycles. The van der Waals surface area contributed by atoms with Crippen molar-refractivity contribution in [3.05, 3.63) is 57.4 Å². The molecule has 0 saturated heterocycles. The first-order chi connectivity index (χ1) is 15.8. The molecule has 9 unspecified atom stereocenters. The van der Waals surface area contributed by atoms with Crippen molar-refractivity contribution in [2.75, 3.05) is 0 Å². The highest BCUT2D eigenvalue weighted by Crippen LogP contribution is 2.69. The fraction of sp³-hybridized carbons (Fsp3) is 0.667. The van der Waals surface area contributed by atoms with Gasteiger partial charge in [-0.25, -0.2) is 0 Å². The van der Waals surface area contributed by atoms with Gasteiger partial charge in [0, 0.05) is 10.5 Å². The van der Waals surface area contributed by atoms with Crippen LogP contribution in [0, 0.1) is 36.5 Å². The molecule has 1 aromatic carbocycles. The highest BCUT2D eigenvalue weighted by atomic mass is 32.2.